The first-order valence-electron chi connectivity index (χ1n) is 13.9. The Morgan fingerprint density at radius 3 is 1.38 bits per heavy atom. The highest BCUT2D eigenvalue weighted by Gasteiger charge is 2.52. The molecule has 3 nitrogen and oxygen atoms in total. The van der Waals surface area contributed by atoms with E-state index in [0.29, 0.717) is 10.9 Å². The molecule has 0 aliphatic carbocycles. The van der Waals surface area contributed by atoms with Gasteiger partial charge in [0.1, 0.15) is 0 Å². The molecule has 0 radical (unpaired) electrons. The fourth-order valence-corrected chi connectivity index (χ4v) is 5.90. The molecule has 0 aromatic carbocycles. The molecule has 0 N–H and O–H groups in total. The highest BCUT2D eigenvalue weighted by Crippen LogP contribution is 2.44. The van der Waals surface area contributed by atoms with Crippen LogP contribution in [0.25, 0.3) is 0 Å². The quantitative estimate of drug-likeness (QED) is 0.0647. The molecule has 0 aliphatic heterocycles. The molecule has 4 heteroatoms. The Hall–Kier alpha value is -0.240. The van der Waals surface area contributed by atoms with Crippen molar-refractivity contribution in [2.24, 2.45) is 0 Å². The van der Waals surface area contributed by atoms with Gasteiger partial charge in [-0.15, -0.1) is 0 Å². The molecule has 0 heterocycles. The van der Waals surface area contributed by atoms with Crippen LogP contribution in [0, 0.1) is 0 Å². The van der Waals surface area contributed by atoms with E-state index in [-0.39, 0.29) is 0 Å². The van der Waals surface area contributed by atoms with Crippen molar-refractivity contribution in [1.29, 1.82) is 0 Å². The fraction of sp³-hybridized carbons (Fsp3) is 0.929. The molecule has 190 valence electrons. The summed E-state index contributed by atoms with van der Waals surface area (Å²) in [6.07, 6.45) is 30.1. The number of unbranched alkanes of at least 4 members (excludes halogenated alkanes) is 16. The van der Waals surface area contributed by atoms with Crippen LogP contribution >= 0.6 is 8.03 Å². The van der Waals surface area contributed by atoms with Crippen LogP contribution in [-0.2, 0) is 4.57 Å². The first-order chi connectivity index (χ1) is 15.3. The zero-order valence-corrected chi connectivity index (χ0v) is 23.4. The molecule has 0 aliphatic rings. The van der Waals surface area contributed by atoms with Crippen LogP contribution in [0.4, 0.5) is 0 Å². The second kappa shape index (κ2) is 20.2. The molecular formula is C28H57NO2P+. The average Bonchev–Trinajstić information content (AvgIpc) is 2.74. The molecule has 32 heavy (non-hydrogen) atoms. The van der Waals surface area contributed by atoms with Gasteiger partial charge >= 0.3 is 8.03 Å². The van der Waals surface area contributed by atoms with Crippen LogP contribution in [0.1, 0.15) is 142 Å². The summed E-state index contributed by atoms with van der Waals surface area (Å²) in [6.45, 7) is 4.29. The zero-order chi connectivity index (χ0) is 24.1. The van der Waals surface area contributed by atoms with E-state index in [4.69, 9.17) is 0 Å². The molecule has 0 aromatic heterocycles. The monoisotopic (exact) mass is 470 g/mol. The number of rotatable bonds is 23. The van der Waals surface area contributed by atoms with Crippen LogP contribution in [0.2, 0.25) is 0 Å². The van der Waals surface area contributed by atoms with E-state index in [0.717, 1.165) is 19.3 Å². The smallest absolute Gasteiger partial charge is 0.376 e. The molecular weight excluding hydrogens is 413 g/mol. The second-order valence-corrected chi connectivity index (χ2v) is 12.1. The van der Waals surface area contributed by atoms with E-state index in [2.05, 4.69) is 19.1 Å². The van der Waals surface area contributed by atoms with Crippen molar-refractivity contribution in [2.45, 2.75) is 148 Å². The van der Waals surface area contributed by atoms with E-state index < -0.39 is 13.3 Å². The minimum atomic E-state index is -2.41. The molecule has 0 saturated heterocycles. The normalized spacial score (nSPS) is 14.8. The van der Waals surface area contributed by atoms with Crippen LogP contribution in [0.3, 0.4) is 0 Å². The van der Waals surface area contributed by atoms with Gasteiger partial charge in [0.05, 0.1) is 21.1 Å². The topological polar surface area (TPSA) is 40.1 Å². The number of hydrogen-bond donors (Lipinski definition) is 0. The predicted octanol–water partition coefficient (Wildman–Crippen LogP) is 8.89. The first kappa shape index (κ1) is 31.8. The molecule has 0 bridgehead atoms. The zero-order valence-electron chi connectivity index (χ0n) is 22.5. The summed E-state index contributed by atoms with van der Waals surface area (Å²) >= 11 is 0. The predicted molar refractivity (Wildman–Crippen MR) is 141 cm³/mol. The molecule has 0 aromatic rings. The fourth-order valence-electron chi connectivity index (χ4n) is 4.81. The Kier molecular flexibility index (Phi) is 20.0. The van der Waals surface area contributed by atoms with E-state index >= 15 is 0 Å². The highest BCUT2D eigenvalue weighted by molar-refractivity contribution is 7.38. The van der Waals surface area contributed by atoms with Crippen molar-refractivity contribution in [3.63, 3.8) is 0 Å². The van der Waals surface area contributed by atoms with E-state index in [1.807, 2.05) is 28.1 Å². The van der Waals surface area contributed by atoms with Gasteiger partial charge in [-0.25, -0.2) is 0 Å². The van der Waals surface area contributed by atoms with Gasteiger partial charge in [-0.05, 0) is 32.1 Å². The van der Waals surface area contributed by atoms with Crippen molar-refractivity contribution in [3.8, 4) is 0 Å². The minimum absolute atomic E-state index is 0.512. The Balaban J connectivity index is 3.50. The van der Waals surface area contributed by atoms with Crippen LogP contribution < -0.4 is 4.89 Å². The Bertz CT molecular complexity index is 473. The molecule has 2 atom stereocenters. The molecule has 2 unspecified atom stereocenters. The molecule has 0 fully saturated rings. The van der Waals surface area contributed by atoms with Crippen molar-refractivity contribution in [2.75, 3.05) is 21.1 Å². The summed E-state index contributed by atoms with van der Waals surface area (Å²) in [5, 5.41) is -0.597. The molecule has 0 amide bonds. The largest absolute Gasteiger partial charge is 0.590 e. The van der Waals surface area contributed by atoms with E-state index in [1.165, 1.54) is 103 Å². The minimum Gasteiger partial charge on any atom is -0.590 e. The van der Waals surface area contributed by atoms with Gasteiger partial charge in [0.15, 0.2) is 0 Å². The van der Waals surface area contributed by atoms with Crippen molar-refractivity contribution in [3.05, 3.63) is 12.2 Å². The van der Waals surface area contributed by atoms with Crippen molar-refractivity contribution >= 4 is 8.03 Å². The van der Waals surface area contributed by atoms with Crippen LogP contribution in [0.15, 0.2) is 12.2 Å². The lowest BCUT2D eigenvalue weighted by Crippen LogP contribution is -2.55. The van der Waals surface area contributed by atoms with Gasteiger partial charge in [-0.2, -0.15) is 0 Å². The van der Waals surface area contributed by atoms with Gasteiger partial charge in [0, 0.05) is 12.8 Å². The lowest BCUT2D eigenvalue weighted by atomic mass is 10.0. The first-order valence-corrected chi connectivity index (χ1v) is 15.1. The third-order valence-electron chi connectivity index (χ3n) is 7.24. The maximum absolute atomic E-state index is 11.9. The van der Waals surface area contributed by atoms with Crippen molar-refractivity contribution in [1.82, 2.24) is 0 Å². The Morgan fingerprint density at radius 1 is 0.656 bits per heavy atom. The molecule has 0 spiro atoms. The highest BCUT2D eigenvalue weighted by atomic mass is 31.1. The lowest BCUT2D eigenvalue weighted by molar-refractivity contribution is -0.910. The summed E-state index contributed by atoms with van der Waals surface area (Å²) in [6, 6.07) is 0. The van der Waals surface area contributed by atoms with Gasteiger partial charge in [0.25, 0.3) is 5.28 Å². The Labute approximate surface area is 202 Å². The van der Waals surface area contributed by atoms with Gasteiger partial charge in [0.2, 0.25) is 0 Å². The summed E-state index contributed by atoms with van der Waals surface area (Å²) in [5.74, 6) is 0. The summed E-state index contributed by atoms with van der Waals surface area (Å²) < 4.78 is 12.5. The van der Waals surface area contributed by atoms with Gasteiger partial charge in [-0.3, -0.25) is 4.48 Å². The molecule has 0 saturated carbocycles. The average molecular weight is 471 g/mol. The summed E-state index contributed by atoms with van der Waals surface area (Å²) in [4.78, 5) is 11.9. The maximum Gasteiger partial charge on any atom is 0.376 e. The summed E-state index contributed by atoms with van der Waals surface area (Å²) in [7, 11) is 3.63. The lowest BCUT2D eigenvalue weighted by Gasteiger charge is -2.39. The van der Waals surface area contributed by atoms with Crippen LogP contribution in [-0.4, -0.2) is 30.9 Å². The number of quaternary nitrogens is 1. The third kappa shape index (κ3) is 14.8. The maximum atomic E-state index is 11.9. The van der Waals surface area contributed by atoms with E-state index in [9.17, 15) is 9.46 Å². The molecule has 0 rings (SSSR count). The SMILES string of the molecule is CCCCCC/C=C\CCCCCCCCCCCCCCC(CC)([P+](=O)[O-])[N+](C)(C)C. The van der Waals surface area contributed by atoms with Crippen molar-refractivity contribution < 1.29 is 13.9 Å². The van der Waals surface area contributed by atoms with Gasteiger partial charge < -0.3 is 4.89 Å². The number of allylic oxidation sites excluding steroid dienone is 2. The number of hydrogen-bond acceptors (Lipinski definition) is 2. The second-order valence-electron chi connectivity index (χ2n) is 10.7. The standard InChI is InChI=1S/C28H57NO2P/c1-6-8-9-10-11-12-13-14-15-16-17-18-19-20-21-22-23-24-25-26-27-28(7-2,32(30)31)29(3,4)5/h12-13H,6-11,14-27H2,1-5H3/q+1/b13-12-. The number of nitrogens with zero attached hydrogens (tertiary/aromatic N) is 1. The summed E-state index contributed by atoms with van der Waals surface area (Å²) in [5.41, 5.74) is 0. The Morgan fingerprint density at radius 2 is 1.03 bits per heavy atom. The van der Waals surface area contributed by atoms with Crippen LogP contribution in [0.5, 0.6) is 0 Å². The van der Waals surface area contributed by atoms with E-state index in [1.54, 1.807) is 0 Å². The van der Waals surface area contributed by atoms with Gasteiger partial charge in [-0.1, -0.05) is 114 Å². The third-order valence-corrected chi connectivity index (χ3v) is 9.06.